The lowest BCUT2D eigenvalue weighted by atomic mass is 10.2. The Labute approximate surface area is 96.8 Å². The second-order valence-electron chi connectivity index (χ2n) is 3.38. The SMILES string of the molecule is CCCN(CC(N)=S)C(=O)CCCOC. The largest absolute Gasteiger partial charge is 0.392 e. The van der Waals surface area contributed by atoms with Crippen molar-refractivity contribution in [1.29, 1.82) is 0 Å². The number of hydrogen-bond donors (Lipinski definition) is 1. The molecule has 1 amide bonds. The topological polar surface area (TPSA) is 55.6 Å². The van der Waals surface area contributed by atoms with Crippen molar-refractivity contribution >= 4 is 23.1 Å². The number of carbonyl (C=O) groups excluding carboxylic acids is 1. The molecule has 0 aromatic rings. The predicted molar refractivity (Wildman–Crippen MR) is 64.8 cm³/mol. The fourth-order valence-electron chi connectivity index (χ4n) is 1.28. The quantitative estimate of drug-likeness (QED) is 0.500. The summed E-state index contributed by atoms with van der Waals surface area (Å²) < 4.78 is 4.89. The zero-order valence-electron chi connectivity index (χ0n) is 9.49. The molecular formula is C10H20N2O2S. The van der Waals surface area contributed by atoms with Gasteiger partial charge in [-0.15, -0.1) is 0 Å². The van der Waals surface area contributed by atoms with Crippen LogP contribution in [0.25, 0.3) is 0 Å². The van der Waals surface area contributed by atoms with Crippen molar-refractivity contribution in [2.75, 3.05) is 26.8 Å². The molecule has 15 heavy (non-hydrogen) atoms. The molecule has 0 saturated carbocycles. The first-order valence-electron chi connectivity index (χ1n) is 5.16. The van der Waals surface area contributed by atoms with E-state index in [0.29, 0.717) is 31.1 Å². The van der Waals surface area contributed by atoms with E-state index in [1.807, 2.05) is 6.92 Å². The molecule has 0 aliphatic heterocycles. The second kappa shape index (κ2) is 8.61. The highest BCUT2D eigenvalue weighted by molar-refractivity contribution is 7.80. The Morgan fingerprint density at radius 3 is 2.67 bits per heavy atom. The predicted octanol–water partition coefficient (Wildman–Crippen LogP) is 0.938. The Hall–Kier alpha value is -0.680. The zero-order chi connectivity index (χ0) is 11.7. The maximum absolute atomic E-state index is 11.7. The molecule has 0 aromatic heterocycles. The third kappa shape index (κ3) is 7.27. The highest BCUT2D eigenvalue weighted by atomic mass is 32.1. The first-order valence-corrected chi connectivity index (χ1v) is 5.57. The van der Waals surface area contributed by atoms with Crippen LogP contribution >= 0.6 is 12.2 Å². The number of nitrogens with zero attached hydrogens (tertiary/aromatic N) is 1. The number of hydrogen-bond acceptors (Lipinski definition) is 3. The molecule has 0 aliphatic rings. The zero-order valence-corrected chi connectivity index (χ0v) is 10.3. The van der Waals surface area contributed by atoms with Crippen LogP contribution in [0.15, 0.2) is 0 Å². The third-order valence-corrected chi connectivity index (χ3v) is 2.06. The summed E-state index contributed by atoms with van der Waals surface area (Å²) in [6.45, 7) is 3.73. The first-order chi connectivity index (χ1) is 7.11. The molecule has 5 heteroatoms. The monoisotopic (exact) mass is 232 g/mol. The summed E-state index contributed by atoms with van der Waals surface area (Å²) in [7, 11) is 1.63. The van der Waals surface area contributed by atoms with Gasteiger partial charge in [0.25, 0.3) is 0 Å². The average Bonchev–Trinajstić information content (AvgIpc) is 2.17. The lowest BCUT2D eigenvalue weighted by Gasteiger charge is -2.21. The molecule has 88 valence electrons. The Morgan fingerprint density at radius 2 is 2.20 bits per heavy atom. The number of amides is 1. The molecular weight excluding hydrogens is 212 g/mol. The molecule has 0 aromatic carbocycles. The van der Waals surface area contributed by atoms with Crippen LogP contribution in [0.3, 0.4) is 0 Å². The summed E-state index contributed by atoms with van der Waals surface area (Å²) in [6, 6.07) is 0. The first kappa shape index (κ1) is 14.3. The van der Waals surface area contributed by atoms with Gasteiger partial charge in [0, 0.05) is 26.7 Å². The molecule has 0 spiro atoms. The molecule has 0 fully saturated rings. The maximum atomic E-state index is 11.7. The van der Waals surface area contributed by atoms with Crippen LogP contribution in [-0.4, -0.2) is 42.6 Å². The fourth-order valence-corrected chi connectivity index (χ4v) is 1.43. The average molecular weight is 232 g/mol. The highest BCUT2D eigenvalue weighted by Gasteiger charge is 2.12. The molecule has 4 nitrogen and oxygen atoms in total. The lowest BCUT2D eigenvalue weighted by Crippen LogP contribution is -2.38. The number of methoxy groups -OCH3 is 1. The van der Waals surface area contributed by atoms with E-state index in [9.17, 15) is 4.79 Å². The van der Waals surface area contributed by atoms with E-state index in [1.54, 1.807) is 12.0 Å². The maximum Gasteiger partial charge on any atom is 0.223 e. The van der Waals surface area contributed by atoms with Crippen molar-refractivity contribution in [2.45, 2.75) is 26.2 Å². The van der Waals surface area contributed by atoms with Gasteiger partial charge in [-0.3, -0.25) is 4.79 Å². The summed E-state index contributed by atoms with van der Waals surface area (Å²) in [6.07, 6.45) is 2.15. The Bertz CT molecular complexity index is 210. The Kier molecular flexibility index (Phi) is 8.22. The summed E-state index contributed by atoms with van der Waals surface area (Å²) >= 11 is 4.80. The van der Waals surface area contributed by atoms with E-state index in [2.05, 4.69) is 0 Å². The minimum atomic E-state index is 0.0988. The van der Waals surface area contributed by atoms with Gasteiger partial charge < -0.3 is 15.4 Å². The Balaban J connectivity index is 3.98. The molecule has 0 bridgehead atoms. The van der Waals surface area contributed by atoms with Gasteiger partial charge in [-0.1, -0.05) is 19.1 Å². The van der Waals surface area contributed by atoms with E-state index >= 15 is 0 Å². The molecule has 2 N–H and O–H groups in total. The van der Waals surface area contributed by atoms with Crippen LogP contribution in [0.4, 0.5) is 0 Å². The molecule has 0 heterocycles. The number of thiocarbonyl (C=S) groups is 1. The second-order valence-corrected chi connectivity index (χ2v) is 3.90. The van der Waals surface area contributed by atoms with E-state index in [4.69, 9.17) is 22.7 Å². The molecule has 0 radical (unpaired) electrons. The van der Waals surface area contributed by atoms with Gasteiger partial charge in [0.15, 0.2) is 0 Å². The van der Waals surface area contributed by atoms with E-state index in [-0.39, 0.29) is 5.91 Å². The molecule has 0 aliphatic carbocycles. The van der Waals surface area contributed by atoms with Crippen molar-refractivity contribution in [1.82, 2.24) is 4.90 Å². The van der Waals surface area contributed by atoms with Crippen molar-refractivity contribution < 1.29 is 9.53 Å². The van der Waals surface area contributed by atoms with E-state index in [1.165, 1.54) is 0 Å². The van der Waals surface area contributed by atoms with E-state index in [0.717, 1.165) is 12.8 Å². The van der Waals surface area contributed by atoms with Crippen LogP contribution < -0.4 is 5.73 Å². The minimum Gasteiger partial charge on any atom is -0.392 e. The van der Waals surface area contributed by atoms with Crippen LogP contribution in [0.5, 0.6) is 0 Å². The summed E-state index contributed by atoms with van der Waals surface area (Å²) in [5.41, 5.74) is 5.43. The van der Waals surface area contributed by atoms with Crippen molar-refractivity contribution in [3.05, 3.63) is 0 Å². The van der Waals surface area contributed by atoms with Gasteiger partial charge in [0.2, 0.25) is 5.91 Å². The minimum absolute atomic E-state index is 0.0988. The van der Waals surface area contributed by atoms with Gasteiger partial charge in [0.05, 0.1) is 11.5 Å². The van der Waals surface area contributed by atoms with Crippen LogP contribution in [0.2, 0.25) is 0 Å². The smallest absolute Gasteiger partial charge is 0.223 e. The molecule has 0 saturated heterocycles. The van der Waals surface area contributed by atoms with Crippen molar-refractivity contribution in [2.24, 2.45) is 5.73 Å². The number of carbonyl (C=O) groups is 1. The van der Waals surface area contributed by atoms with Gasteiger partial charge >= 0.3 is 0 Å². The summed E-state index contributed by atoms with van der Waals surface area (Å²) in [5.74, 6) is 0.0988. The molecule has 0 rings (SSSR count). The van der Waals surface area contributed by atoms with E-state index < -0.39 is 0 Å². The van der Waals surface area contributed by atoms with Crippen LogP contribution in [0.1, 0.15) is 26.2 Å². The number of ether oxygens (including phenoxy) is 1. The van der Waals surface area contributed by atoms with Gasteiger partial charge in [-0.05, 0) is 12.8 Å². The van der Waals surface area contributed by atoms with Crippen molar-refractivity contribution in [3.63, 3.8) is 0 Å². The van der Waals surface area contributed by atoms with Gasteiger partial charge in [0.1, 0.15) is 0 Å². The molecule has 0 atom stereocenters. The molecule has 0 unspecified atom stereocenters. The summed E-state index contributed by atoms with van der Waals surface area (Å²) in [4.78, 5) is 13.8. The number of nitrogens with two attached hydrogens (primary N) is 1. The van der Waals surface area contributed by atoms with Crippen molar-refractivity contribution in [3.8, 4) is 0 Å². The van der Waals surface area contributed by atoms with Crippen LogP contribution in [-0.2, 0) is 9.53 Å². The number of rotatable bonds is 8. The standard InChI is InChI=1S/C10H20N2O2S/c1-3-6-12(8-9(11)15)10(13)5-4-7-14-2/h3-8H2,1-2H3,(H2,11,15). The lowest BCUT2D eigenvalue weighted by molar-refractivity contribution is -0.130. The third-order valence-electron chi connectivity index (χ3n) is 1.93. The van der Waals surface area contributed by atoms with Gasteiger partial charge in [-0.2, -0.15) is 0 Å². The summed E-state index contributed by atoms with van der Waals surface area (Å²) in [5, 5.41) is 0. The normalized spacial score (nSPS) is 10.0. The Morgan fingerprint density at radius 1 is 1.53 bits per heavy atom. The highest BCUT2D eigenvalue weighted by Crippen LogP contribution is 2.00. The fraction of sp³-hybridized carbons (Fsp3) is 0.800. The van der Waals surface area contributed by atoms with Crippen LogP contribution in [0, 0.1) is 0 Å². The van der Waals surface area contributed by atoms with Gasteiger partial charge in [-0.25, -0.2) is 0 Å².